The Labute approximate surface area is 119 Å². The first kappa shape index (κ1) is 14.6. The summed E-state index contributed by atoms with van der Waals surface area (Å²) in [4.78, 5) is 0.259. The van der Waals surface area contributed by atoms with Gasteiger partial charge in [0.1, 0.15) is 4.90 Å². The van der Waals surface area contributed by atoms with Gasteiger partial charge in [0, 0.05) is 13.6 Å². The molecule has 0 unspecified atom stereocenters. The third-order valence-electron chi connectivity index (χ3n) is 3.03. The van der Waals surface area contributed by atoms with Gasteiger partial charge >= 0.3 is 0 Å². The number of rotatable bonds is 5. The number of hydrogen-bond donors (Lipinski definition) is 2. The van der Waals surface area contributed by atoms with Crippen LogP contribution < -0.4 is 10.0 Å². The van der Waals surface area contributed by atoms with Crippen LogP contribution in [0, 0.1) is 6.92 Å². The van der Waals surface area contributed by atoms with Crippen LogP contribution in [0.15, 0.2) is 53.4 Å². The van der Waals surface area contributed by atoms with Gasteiger partial charge in [0.25, 0.3) is 0 Å². The molecule has 0 aliphatic rings. The van der Waals surface area contributed by atoms with E-state index in [9.17, 15) is 8.42 Å². The zero-order chi connectivity index (χ0) is 14.6. The maximum absolute atomic E-state index is 12.3. The fourth-order valence-corrected chi connectivity index (χ4v) is 3.10. The summed E-state index contributed by atoms with van der Waals surface area (Å²) in [7, 11) is -1.82. The van der Waals surface area contributed by atoms with Crippen molar-refractivity contribution in [3.63, 3.8) is 0 Å². The fourth-order valence-electron chi connectivity index (χ4n) is 1.87. The van der Waals surface area contributed by atoms with Crippen molar-refractivity contribution in [2.45, 2.75) is 18.4 Å². The maximum atomic E-state index is 12.3. The lowest BCUT2D eigenvalue weighted by atomic mass is 10.2. The van der Waals surface area contributed by atoms with Gasteiger partial charge in [-0.1, -0.05) is 42.0 Å². The van der Waals surface area contributed by atoms with Crippen LogP contribution in [0.1, 0.15) is 11.1 Å². The molecule has 0 heterocycles. The fraction of sp³-hybridized carbons (Fsp3) is 0.200. The molecule has 2 aromatic rings. The summed E-state index contributed by atoms with van der Waals surface area (Å²) < 4.78 is 27.2. The molecule has 0 spiro atoms. The van der Waals surface area contributed by atoms with Gasteiger partial charge in [-0.05, 0) is 24.6 Å². The van der Waals surface area contributed by atoms with Crippen LogP contribution >= 0.6 is 0 Å². The second-order valence-electron chi connectivity index (χ2n) is 4.56. The molecule has 2 rings (SSSR count). The molecule has 0 saturated heterocycles. The predicted octanol–water partition coefficient (Wildman–Crippen LogP) is 2.52. The van der Waals surface area contributed by atoms with Crippen molar-refractivity contribution in [1.29, 1.82) is 0 Å². The van der Waals surface area contributed by atoms with E-state index in [0.29, 0.717) is 5.69 Å². The first-order valence-corrected chi connectivity index (χ1v) is 7.83. The Balaban J connectivity index is 2.17. The average molecular weight is 290 g/mol. The van der Waals surface area contributed by atoms with Crippen LogP contribution in [0.2, 0.25) is 0 Å². The summed E-state index contributed by atoms with van der Waals surface area (Å²) in [6.45, 7) is 2.28. The van der Waals surface area contributed by atoms with Crippen molar-refractivity contribution >= 4 is 15.7 Å². The lowest BCUT2D eigenvalue weighted by Gasteiger charge is -2.11. The zero-order valence-electron chi connectivity index (χ0n) is 11.6. The monoisotopic (exact) mass is 290 g/mol. The summed E-state index contributed by atoms with van der Waals surface area (Å²) in [5.74, 6) is 0. The van der Waals surface area contributed by atoms with Crippen LogP contribution in [0.3, 0.4) is 0 Å². The maximum Gasteiger partial charge on any atom is 0.242 e. The van der Waals surface area contributed by atoms with E-state index in [-0.39, 0.29) is 11.4 Å². The normalized spacial score (nSPS) is 11.3. The lowest BCUT2D eigenvalue weighted by molar-refractivity contribution is 0.581. The highest BCUT2D eigenvalue weighted by Gasteiger charge is 2.17. The minimum atomic E-state index is -3.52. The minimum Gasteiger partial charge on any atom is -0.387 e. The van der Waals surface area contributed by atoms with Crippen molar-refractivity contribution in [1.82, 2.24) is 4.72 Å². The molecule has 0 radical (unpaired) electrons. The molecular weight excluding hydrogens is 272 g/mol. The Hall–Kier alpha value is -1.85. The summed E-state index contributed by atoms with van der Waals surface area (Å²) in [5.41, 5.74) is 2.67. The minimum absolute atomic E-state index is 0.259. The molecule has 0 aromatic heterocycles. The number of para-hydroxylation sites is 1. The Morgan fingerprint density at radius 3 is 2.30 bits per heavy atom. The van der Waals surface area contributed by atoms with Gasteiger partial charge in [-0.25, -0.2) is 13.1 Å². The molecule has 2 aromatic carbocycles. The van der Waals surface area contributed by atoms with E-state index in [1.54, 1.807) is 31.3 Å². The third-order valence-corrected chi connectivity index (χ3v) is 4.49. The van der Waals surface area contributed by atoms with Crippen LogP contribution in [-0.2, 0) is 16.6 Å². The Morgan fingerprint density at radius 1 is 1.00 bits per heavy atom. The van der Waals surface area contributed by atoms with Crippen LogP contribution in [0.5, 0.6) is 0 Å². The number of aryl methyl sites for hydroxylation is 1. The summed E-state index contributed by atoms with van der Waals surface area (Å²) in [6, 6.07) is 14.6. The van der Waals surface area contributed by atoms with Crippen molar-refractivity contribution in [2.24, 2.45) is 0 Å². The van der Waals surface area contributed by atoms with Gasteiger partial charge < -0.3 is 5.32 Å². The van der Waals surface area contributed by atoms with Crippen LogP contribution in [-0.4, -0.2) is 15.5 Å². The standard InChI is InChI=1S/C15H18N2O2S/c1-12-7-9-13(10-8-12)11-17-20(18,19)15-6-4-3-5-14(15)16-2/h3-10,16-17H,11H2,1-2H3. The molecule has 0 amide bonds. The Kier molecular flexibility index (Phi) is 4.42. The van der Waals surface area contributed by atoms with Crippen molar-refractivity contribution < 1.29 is 8.42 Å². The molecule has 2 N–H and O–H groups in total. The van der Waals surface area contributed by atoms with Crippen molar-refractivity contribution in [3.8, 4) is 0 Å². The van der Waals surface area contributed by atoms with Gasteiger partial charge in [0.05, 0.1) is 5.69 Å². The molecule has 0 aliphatic carbocycles. The van der Waals surface area contributed by atoms with Gasteiger partial charge in [0.2, 0.25) is 10.0 Å². The number of benzene rings is 2. The molecule has 0 saturated carbocycles. The predicted molar refractivity (Wildman–Crippen MR) is 81.2 cm³/mol. The number of nitrogens with one attached hydrogen (secondary N) is 2. The van der Waals surface area contributed by atoms with E-state index in [2.05, 4.69) is 10.0 Å². The van der Waals surface area contributed by atoms with Gasteiger partial charge in [0.15, 0.2) is 0 Å². The highest BCUT2D eigenvalue weighted by molar-refractivity contribution is 7.89. The summed E-state index contributed by atoms with van der Waals surface area (Å²) in [5, 5.41) is 2.89. The van der Waals surface area contributed by atoms with E-state index in [4.69, 9.17) is 0 Å². The zero-order valence-corrected chi connectivity index (χ0v) is 12.4. The highest BCUT2D eigenvalue weighted by Crippen LogP contribution is 2.20. The summed E-state index contributed by atoms with van der Waals surface area (Å²) >= 11 is 0. The Morgan fingerprint density at radius 2 is 1.65 bits per heavy atom. The second kappa shape index (κ2) is 6.07. The molecule has 106 valence electrons. The van der Waals surface area contributed by atoms with Gasteiger partial charge in [-0.3, -0.25) is 0 Å². The molecular formula is C15H18N2O2S. The smallest absolute Gasteiger partial charge is 0.242 e. The van der Waals surface area contributed by atoms with E-state index < -0.39 is 10.0 Å². The molecule has 0 aliphatic heterocycles. The second-order valence-corrected chi connectivity index (χ2v) is 6.29. The quantitative estimate of drug-likeness (QED) is 0.889. The molecule has 0 atom stereocenters. The van der Waals surface area contributed by atoms with Crippen LogP contribution in [0.25, 0.3) is 0 Å². The number of hydrogen-bond acceptors (Lipinski definition) is 3. The van der Waals surface area contributed by atoms with Crippen molar-refractivity contribution in [3.05, 3.63) is 59.7 Å². The number of sulfonamides is 1. The van der Waals surface area contributed by atoms with E-state index in [0.717, 1.165) is 11.1 Å². The number of anilines is 1. The van der Waals surface area contributed by atoms with E-state index >= 15 is 0 Å². The van der Waals surface area contributed by atoms with Gasteiger partial charge in [-0.15, -0.1) is 0 Å². The molecule has 0 fully saturated rings. The molecule has 20 heavy (non-hydrogen) atoms. The highest BCUT2D eigenvalue weighted by atomic mass is 32.2. The Bertz CT molecular complexity index is 679. The lowest BCUT2D eigenvalue weighted by Crippen LogP contribution is -2.24. The first-order valence-electron chi connectivity index (χ1n) is 6.35. The first-order chi connectivity index (χ1) is 9.53. The SMILES string of the molecule is CNc1ccccc1S(=O)(=O)NCc1ccc(C)cc1. The third kappa shape index (κ3) is 3.37. The molecule has 4 nitrogen and oxygen atoms in total. The van der Waals surface area contributed by atoms with Crippen LogP contribution in [0.4, 0.5) is 5.69 Å². The largest absolute Gasteiger partial charge is 0.387 e. The van der Waals surface area contributed by atoms with E-state index in [1.807, 2.05) is 31.2 Å². The summed E-state index contributed by atoms with van der Waals surface area (Å²) in [6.07, 6.45) is 0. The van der Waals surface area contributed by atoms with Gasteiger partial charge in [-0.2, -0.15) is 0 Å². The van der Waals surface area contributed by atoms with E-state index in [1.165, 1.54) is 0 Å². The topological polar surface area (TPSA) is 58.2 Å². The average Bonchev–Trinajstić information content (AvgIpc) is 2.46. The molecule has 0 bridgehead atoms. The molecule has 5 heteroatoms. The van der Waals surface area contributed by atoms with Crippen molar-refractivity contribution in [2.75, 3.05) is 12.4 Å².